The number of hydrogen-bond acceptors (Lipinski definition) is 5. The second-order valence-electron chi connectivity index (χ2n) is 7.87. The van der Waals surface area contributed by atoms with Crippen molar-refractivity contribution in [2.24, 2.45) is 0 Å². The molecule has 1 aromatic heterocycles. The van der Waals surface area contributed by atoms with Crippen LogP contribution in [0.3, 0.4) is 0 Å². The van der Waals surface area contributed by atoms with Crippen molar-refractivity contribution in [2.75, 3.05) is 32.7 Å². The van der Waals surface area contributed by atoms with Crippen molar-refractivity contribution in [1.29, 1.82) is 0 Å². The Morgan fingerprint density at radius 2 is 2.04 bits per heavy atom. The summed E-state index contributed by atoms with van der Waals surface area (Å²) in [5.74, 6) is 0.148. The number of rotatable bonds is 3. The van der Waals surface area contributed by atoms with Crippen molar-refractivity contribution < 1.29 is 4.79 Å². The van der Waals surface area contributed by atoms with E-state index in [1.165, 1.54) is 5.01 Å². The first-order valence-corrected chi connectivity index (χ1v) is 10.1. The van der Waals surface area contributed by atoms with Gasteiger partial charge in [0.1, 0.15) is 5.01 Å². The van der Waals surface area contributed by atoms with Crippen molar-refractivity contribution in [2.45, 2.75) is 32.0 Å². The summed E-state index contributed by atoms with van der Waals surface area (Å²) in [6.07, 6.45) is 1.88. The summed E-state index contributed by atoms with van der Waals surface area (Å²) in [7, 11) is 0. The van der Waals surface area contributed by atoms with E-state index in [9.17, 15) is 4.79 Å². The van der Waals surface area contributed by atoms with Gasteiger partial charge in [-0.1, -0.05) is 18.2 Å². The van der Waals surface area contributed by atoms with E-state index in [0.29, 0.717) is 6.04 Å². The topological polar surface area (TPSA) is 39.7 Å². The molecule has 6 heteroatoms. The smallest absolute Gasteiger partial charge is 0.253 e. The molecule has 2 saturated heterocycles. The van der Waals surface area contributed by atoms with E-state index in [2.05, 4.69) is 28.6 Å². The molecule has 2 fully saturated rings. The molecule has 2 aromatic rings. The fourth-order valence-electron chi connectivity index (χ4n) is 4.33. The maximum absolute atomic E-state index is 13.0. The monoisotopic (exact) mass is 370 g/mol. The van der Waals surface area contributed by atoms with Gasteiger partial charge in [-0.2, -0.15) is 0 Å². The lowest BCUT2D eigenvalue weighted by molar-refractivity contribution is -0.0577. The standard InChI is InChI=1S/C20H26N4OS/c1-20(2)15-23(19(25)16-6-4-3-5-7-16)13-17-12-22(9-10-24(17)20)14-18-21-8-11-26-18/h3-8,11,17H,9-10,12-15H2,1-2H3. The maximum Gasteiger partial charge on any atom is 0.253 e. The molecular weight excluding hydrogens is 344 g/mol. The molecule has 1 aromatic carbocycles. The summed E-state index contributed by atoms with van der Waals surface area (Å²) in [4.78, 5) is 24.5. The summed E-state index contributed by atoms with van der Waals surface area (Å²) in [6.45, 7) is 10.1. The molecule has 0 radical (unpaired) electrons. The van der Waals surface area contributed by atoms with Crippen molar-refractivity contribution >= 4 is 17.2 Å². The third-order valence-corrected chi connectivity index (χ3v) is 6.27. The van der Waals surface area contributed by atoms with Gasteiger partial charge in [0.25, 0.3) is 5.91 Å². The molecular formula is C20H26N4OS. The average molecular weight is 371 g/mol. The van der Waals surface area contributed by atoms with Crippen LogP contribution in [0.25, 0.3) is 0 Å². The molecule has 0 bridgehead atoms. The molecule has 0 saturated carbocycles. The highest BCUT2D eigenvalue weighted by Gasteiger charge is 2.43. The van der Waals surface area contributed by atoms with Crippen molar-refractivity contribution in [1.82, 2.24) is 19.7 Å². The van der Waals surface area contributed by atoms with Gasteiger partial charge < -0.3 is 4.90 Å². The normalized spacial score (nSPS) is 23.6. The number of fused-ring (bicyclic) bond motifs is 1. The average Bonchev–Trinajstić information content (AvgIpc) is 3.14. The van der Waals surface area contributed by atoms with Gasteiger partial charge >= 0.3 is 0 Å². The molecule has 0 aliphatic carbocycles. The Balaban J connectivity index is 1.49. The zero-order valence-corrected chi connectivity index (χ0v) is 16.3. The number of carbonyl (C=O) groups excluding carboxylic acids is 1. The van der Waals surface area contributed by atoms with Crippen LogP contribution in [0.15, 0.2) is 41.9 Å². The van der Waals surface area contributed by atoms with Crippen LogP contribution >= 0.6 is 11.3 Å². The fourth-order valence-corrected chi connectivity index (χ4v) is 4.99. The van der Waals surface area contributed by atoms with Crippen LogP contribution in [0, 0.1) is 0 Å². The molecule has 138 valence electrons. The molecule has 5 nitrogen and oxygen atoms in total. The molecule has 4 rings (SSSR count). The van der Waals surface area contributed by atoms with E-state index in [-0.39, 0.29) is 11.4 Å². The molecule has 1 amide bonds. The number of thiazole rings is 1. The van der Waals surface area contributed by atoms with Crippen molar-refractivity contribution in [3.63, 3.8) is 0 Å². The van der Waals surface area contributed by atoms with Gasteiger partial charge in [-0.3, -0.25) is 14.6 Å². The summed E-state index contributed by atoms with van der Waals surface area (Å²) >= 11 is 1.72. The third-order valence-electron chi connectivity index (χ3n) is 5.50. The van der Waals surface area contributed by atoms with Crippen LogP contribution in [-0.4, -0.2) is 69.9 Å². The number of carbonyl (C=O) groups is 1. The summed E-state index contributed by atoms with van der Waals surface area (Å²) in [6, 6.07) is 10.0. The van der Waals surface area contributed by atoms with Gasteiger partial charge in [-0.15, -0.1) is 11.3 Å². The Morgan fingerprint density at radius 1 is 1.23 bits per heavy atom. The first-order chi connectivity index (χ1) is 12.5. The van der Waals surface area contributed by atoms with Gasteiger partial charge in [0.05, 0.1) is 6.54 Å². The van der Waals surface area contributed by atoms with E-state index >= 15 is 0 Å². The highest BCUT2D eigenvalue weighted by Crippen LogP contribution is 2.29. The molecule has 3 heterocycles. The molecule has 0 spiro atoms. The SMILES string of the molecule is CC1(C)CN(C(=O)c2ccccc2)CC2CN(Cc3nccs3)CCN21. The van der Waals surface area contributed by atoms with Crippen molar-refractivity contribution in [3.8, 4) is 0 Å². The van der Waals surface area contributed by atoms with Crippen LogP contribution in [0.2, 0.25) is 0 Å². The Hall–Kier alpha value is -1.76. The first kappa shape index (κ1) is 17.6. The molecule has 1 unspecified atom stereocenters. The van der Waals surface area contributed by atoms with Crippen molar-refractivity contribution in [3.05, 3.63) is 52.5 Å². The Morgan fingerprint density at radius 3 is 2.77 bits per heavy atom. The highest BCUT2D eigenvalue weighted by molar-refractivity contribution is 7.09. The van der Waals surface area contributed by atoms with E-state index in [4.69, 9.17) is 0 Å². The first-order valence-electron chi connectivity index (χ1n) is 9.25. The Kier molecular flexibility index (Phi) is 4.82. The number of hydrogen-bond donors (Lipinski definition) is 0. The van der Waals surface area contributed by atoms with Gasteiger partial charge in [0.15, 0.2) is 0 Å². The molecule has 0 N–H and O–H groups in total. The third kappa shape index (κ3) is 3.54. The molecule has 2 aliphatic rings. The number of piperazine rings is 2. The number of benzene rings is 1. The Labute approximate surface area is 159 Å². The minimum absolute atomic E-state index is 0.000624. The second-order valence-corrected chi connectivity index (χ2v) is 8.85. The Bertz CT molecular complexity index is 746. The van der Waals surface area contributed by atoms with Crippen LogP contribution in [0.5, 0.6) is 0 Å². The minimum Gasteiger partial charge on any atom is -0.335 e. The summed E-state index contributed by atoms with van der Waals surface area (Å²) < 4.78 is 0. The predicted octanol–water partition coefficient (Wildman–Crippen LogP) is 2.56. The largest absolute Gasteiger partial charge is 0.335 e. The lowest BCUT2D eigenvalue weighted by atomic mass is 9.92. The van der Waals surface area contributed by atoms with Crippen LogP contribution in [0.4, 0.5) is 0 Å². The van der Waals surface area contributed by atoms with Gasteiger partial charge in [-0.25, -0.2) is 4.98 Å². The van der Waals surface area contributed by atoms with Crippen LogP contribution in [0.1, 0.15) is 29.2 Å². The van der Waals surface area contributed by atoms with Gasteiger partial charge in [-0.05, 0) is 26.0 Å². The summed E-state index contributed by atoms with van der Waals surface area (Å²) in [5.41, 5.74) is 0.785. The highest BCUT2D eigenvalue weighted by atomic mass is 32.1. The van der Waals surface area contributed by atoms with Gasteiger partial charge in [0, 0.05) is 61.4 Å². The lowest BCUT2D eigenvalue weighted by Gasteiger charge is -2.55. The van der Waals surface area contributed by atoms with E-state index in [1.807, 2.05) is 46.8 Å². The quantitative estimate of drug-likeness (QED) is 0.833. The zero-order chi connectivity index (χ0) is 18.1. The van der Waals surface area contributed by atoms with E-state index in [0.717, 1.165) is 44.8 Å². The zero-order valence-electron chi connectivity index (χ0n) is 15.5. The van der Waals surface area contributed by atoms with Gasteiger partial charge in [0.2, 0.25) is 0 Å². The van der Waals surface area contributed by atoms with Crippen LogP contribution < -0.4 is 0 Å². The number of nitrogens with zero attached hydrogens (tertiary/aromatic N) is 4. The number of amides is 1. The predicted molar refractivity (Wildman–Crippen MR) is 104 cm³/mol. The lowest BCUT2D eigenvalue weighted by Crippen LogP contribution is -2.70. The second kappa shape index (κ2) is 7.10. The van der Waals surface area contributed by atoms with Crippen LogP contribution in [-0.2, 0) is 6.54 Å². The minimum atomic E-state index is 0.000624. The molecule has 26 heavy (non-hydrogen) atoms. The number of aromatic nitrogens is 1. The molecule has 2 aliphatic heterocycles. The van der Waals surface area contributed by atoms with E-state index in [1.54, 1.807) is 11.3 Å². The van der Waals surface area contributed by atoms with E-state index < -0.39 is 0 Å². The maximum atomic E-state index is 13.0. The molecule has 1 atom stereocenters. The summed E-state index contributed by atoms with van der Waals surface area (Å²) in [5, 5.41) is 3.21. The fraction of sp³-hybridized carbons (Fsp3) is 0.500.